The number of carbonyl (C=O) groups is 2. The van der Waals surface area contributed by atoms with Gasteiger partial charge in [0, 0.05) is 12.1 Å². The summed E-state index contributed by atoms with van der Waals surface area (Å²) in [5.41, 5.74) is 0.0369. The number of benzene rings is 2. The van der Waals surface area contributed by atoms with Crippen LogP contribution in [0.1, 0.15) is 20.7 Å². The molecule has 0 radical (unpaired) electrons. The molecule has 0 aliphatic carbocycles. The topological polar surface area (TPSA) is 46.6 Å². The second-order valence-corrected chi connectivity index (χ2v) is 4.43. The lowest BCUT2D eigenvalue weighted by Gasteiger charge is -2.16. The summed E-state index contributed by atoms with van der Waals surface area (Å²) in [5, 5.41) is 0. The van der Waals surface area contributed by atoms with Crippen LogP contribution in [-0.4, -0.2) is 18.9 Å². The molecule has 21 heavy (non-hydrogen) atoms. The number of hydrogen-bond donors (Lipinski definition) is 0. The van der Waals surface area contributed by atoms with Crippen molar-refractivity contribution in [3.8, 4) is 5.75 Å². The Morgan fingerprint density at radius 3 is 2.05 bits per heavy atom. The number of fused-ring (bicyclic) bond motifs is 1. The summed E-state index contributed by atoms with van der Waals surface area (Å²) < 4.78 is 32.1. The fourth-order valence-corrected chi connectivity index (χ4v) is 2.25. The van der Waals surface area contributed by atoms with Crippen LogP contribution < -0.4 is 9.64 Å². The van der Waals surface area contributed by atoms with Crippen LogP contribution in [0.2, 0.25) is 0 Å². The second-order valence-electron chi connectivity index (χ2n) is 4.43. The fraction of sp³-hybridized carbons (Fsp3) is 0.0667. The van der Waals surface area contributed by atoms with Crippen LogP contribution in [0.3, 0.4) is 0 Å². The maximum atomic E-state index is 13.9. The van der Waals surface area contributed by atoms with E-state index in [0.29, 0.717) is 11.0 Å². The normalized spacial score (nSPS) is 13.6. The van der Waals surface area contributed by atoms with Gasteiger partial charge in [0.25, 0.3) is 11.8 Å². The standard InChI is InChI=1S/C15H9F2NO3/c1-21-13-7-12(10(16)6-11(13)17)18-14(19)8-4-2-3-5-9(8)15(18)20/h2-7H,1H3. The lowest BCUT2D eigenvalue weighted by Crippen LogP contribution is -2.30. The summed E-state index contributed by atoms with van der Waals surface area (Å²) in [6.45, 7) is 0. The van der Waals surface area contributed by atoms with Crippen LogP contribution in [0.5, 0.6) is 5.75 Å². The predicted molar refractivity (Wildman–Crippen MR) is 70.5 cm³/mol. The molecular weight excluding hydrogens is 280 g/mol. The van der Waals surface area contributed by atoms with Crippen molar-refractivity contribution in [1.82, 2.24) is 0 Å². The molecule has 0 atom stereocenters. The number of nitrogens with zero attached hydrogens (tertiary/aromatic N) is 1. The van der Waals surface area contributed by atoms with E-state index in [1.165, 1.54) is 19.2 Å². The van der Waals surface area contributed by atoms with Crippen LogP contribution in [0.25, 0.3) is 0 Å². The molecule has 2 aromatic rings. The molecule has 1 aliphatic rings. The Labute approximate surface area is 118 Å². The Balaban J connectivity index is 2.15. The van der Waals surface area contributed by atoms with E-state index in [9.17, 15) is 18.4 Å². The minimum Gasteiger partial charge on any atom is -0.494 e. The van der Waals surface area contributed by atoms with Gasteiger partial charge in [-0.1, -0.05) is 12.1 Å². The van der Waals surface area contributed by atoms with Crippen molar-refractivity contribution in [3.63, 3.8) is 0 Å². The Morgan fingerprint density at radius 2 is 1.52 bits per heavy atom. The molecule has 0 saturated carbocycles. The van der Waals surface area contributed by atoms with E-state index in [1.807, 2.05) is 0 Å². The van der Waals surface area contributed by atoms with Gasteiger partial charge in [-0.2, -0.15) is 0 Å². The first kappa shape index (κ1) is 13.2. The Kier molecular flexibility index (Phi) is 2.94. The molecule has 0 saturated heterocycles. The zero-order valence-electron chi connectivity index (χ0n) is 10.9. The minimum absolute atomic E-state index is 0.185. The molecule has 0 N–H and O–H groups in total. The lowest BCUT2D eigenvalue weighted by atomic mass is 10.1. The van der Waals surface area contributed by atoms with E-state index < -0.39 is 23.4 Å². The molecule has 2 aromatic carbocycles. The highest BCUT2D eigenvalue weighted by molar-refractivity contribution is 6.34. The van der Waals surface area contributed by atoms with Crippen LogP contribution in [-0.2, 0) is 0 Å². The van der Waals surface area contributed by atoms with Gasteiger partial charge >= 0.3 is 0 Å². The van der Waals surface area contributed by atoms with Crippen molar-refractivity contribution in [2.24, 2.45) is 0 Å². The number of amides is 2. The molecule has 3 rings (SSSR count). The molecule has 106 valence electrons. The van der Waals surface area contributed by atoms with E-state index in [2.05, 4.69) is 0 Å². The number of ether oxygens (including phenoxy) is 1. The number of hydrogen-bond acceptors (Lipinski definition) is 3. The van der Waals surface area contributed by atoms with Gasteiger partial charge in [-0.25, -0.2) is 13.7 Å². The summed E-state index contributed by atoms with van der Waals surface area (Å²) in [6.07, 6.45) is 0. The smallest absolute Gasteiger partial charge is 0.266 e. The van der Waals surface area contributed by atoms with E-state index in [0.717, 1.165) is 6.07 Å². The lowest BCUT2D eigenvalue weighted by molar-refractivity contribution is 0.0924. The summed E-state index contributed by atoms with van der Waals surface area (Å²) in [7, 11) is 1.21. The van der Waals surface area contributed by atoms with E-state index in [4.69, 9.17) is 4.74 Å². The fourth-order valence-electron chi connectivity index (χ4n) is 2.25. The largest absolute Gasteiger partial charge is 0.494 e. The Hall–Kier alpha value is -2.76. The maximum absolute atomic E-state index is 13.9. The van der Waals surface area contributed by atoms with Gasteiger partial charge < -0.3 is 4.74 Å². The summed E-state index contributed by atoms with van der Waals surface area (Å²) in [6, 6.07) is 7.75. The molecule has 0 aromatic heterocycles. The van der Waals surface area contributed by atoms with Crippen molar-refractivity contribution >= 4 is 17.5 Å². The van der Waals surface area contributed by atoms with Crippen molar-refractivity contribution in [2.75, 3.05) is 12.0 Å². The van der Waals surface area contributed by atoms with Crippen molar-refractivity contribution < 1.29 is 23.1 Å². The number of halogens is 2. The monoisotopic (exact) mass is 289 g/mol. The molecule has 0 spiro atoms. The van der Waals surface area contributed by atoms with Gasteiger partial charge in [0.1, 0.15) is 0 Å². The zero-order valence-corrected chi connectivity index (χ0v) is 10.9. The third kappa shape index (κ3) is 1.87. The van der Waals surface area contributed by atoms with Crippen LogP contribution in [0, 0.1) is 11.6 Å². The van der Waals surface area contributed by atoms with Crippen molar-refractivity contribution in [3.05, 3.63) is 59.2 Å². The van der Waals surface area contributed by atoms with Gasteiger partial charge in [-0.05, 0) is 12.1 Å². The van der Waals surface area contributed by atoms with Gasteiger partial charge in [0.05, 0.1) is 23.9 Å². The van der Waals surface area contributed by atoms with Crippen molar-refractivity contribution in [2.45, 2.75) is 0 Å². The highest BCUT2D eigenvalue weighted by Crippen LogP contribution is 2.33. The average Bonchev–Trinajstić information content (AvgIpc) is 2.72. The van der Waals surface area contributed by atoms with Gasteiger partial charge in [0.2, 0.25) is 0 Å². The first-order valence-corrected chi connectivity index (χ1v) is 6.05. The molecular formula is C15H9F2NO3. The van der Waals surface area contributed by atoms with Gasteiger partial charge in [-0.3, -0.25) is 9.59 Å². The maximum Gasteiger partial charge on any atom is 0.266 e. The number of rotatable bonds is 2. The molecule has 0 fully saturated rings. The minimum atomic E-state index is -1.01. The highest BCUT2D eigenvalue weighted by atomic mass is 19.1. The van der Waals surface area contributed by atoms with Crippen LogP contribution >= 0.6 is 0 Å². The Bertz CT molecular complexity index is 739. The first-order valence-electron chi connectivity index (χ1n) is 6.05. The summed E-state index contributed by atoms with van der Waals surface area (Å²) in [5.74, 6) is -3.47. The zero-order chi connectivity index (χ0) is 15.1. The van der Waals surface area contributed by atoms with Crippen LogP contribution in [0.15, 0.2) is 36.4 Å². The van der Waals surface area contributed by atoms with Gasteiger partial charge in [-0.15, -0.1) is 0 Å². The quantitative estimate of drug-likeness (QED) is 0.799. The Morgan fingerprint density at radius 1 is 0.952 bits per heavy atom. The number of methoxy groups -OCH3 is 1. The molecule has 2 amide bonds. The summed E-state index contributed by atoms with van der Waals surface area (Å²) in [4.78, 5) is 25.2. The van der Waals surface area contributed by atoms with Gasteiger partial charge in [0.15, 0.2) is 17.4 Å². The molecule has 6 heteroatoms. The molecule has 1 aliphatic heterocycles. The number of anilines is 1. The van der Waals surface area contributed by atoms with E-state index in [-0.39, 0.29) is 22.6 Å². The van der Waals surface area contributed by atoms with Crippen molar-refractivity contribution in [1.29, 1.82) is 0 Å². The molecule has 4 nitrogen and oxygen atoms in total. The molecule has 0 bridgehead atoms. The van der Waals surface area contributed by atoms with E-state index in [1.54, 1.807) is 12.1 Å². The van der Waals surface area contributed by atoms with Crippen LogP contribution in [0.4, 0.5) is 14.5 Å². The SMILES string of the molecule is COc1cc(N2C(=O)c3ccccc3C2=O)c(F)cc1F. The second kappa shape index (κ2) is 4.66. The predicted octanol–water partition coefficient (Wildman–Crippen LogP) is 2.77. The third-order valence-corrected chi connectivity index (χ3v) is 3.26. The average molecular weight is 289 g/mol. The molecule has 1 heterocycles. The summed E-state index contributed by atoms with van der Waals surface area (Å²) >= 11 is 0. The molecule has 0 unspecified atom stereocenters. The third-order valence-electron chi connectivity index (χ3n) is 3.26. The number of carbonyl (C=O) groups excluding carboxylic acids is 2. The first-order chi connectivity index (χ1) is 10.0. The number of imide groups is 1. The van der Waals surface area contributed by atoms with E-state index >= 15 is 0 Å². The highest BCUT2D eigenvalue weighted by Gasteiger charge is 2.38.